The van der Waals surface area contributed by atoms with Gasteiger partial charge in [0.25, 0.3) is 0 Å². The van der Waals surface area contributed by atoms with Crippen molar-refractivity contribution in [2.24, 2.45) is 0 Å². The van der Waals surface area contributed by atoms with Gasteiger partial charge in [-0.05, 0) is 30.2 Å². The maximum Gasteiger partial charge on any atom is 0.410 e. The molecule has 0 aromatic heterocycles. The highest BCUT2D eigenvalue weighted by atomic mass is 16.6. The van der Waals surface area contributed by atoms with Gasteiger partial charge >= 0.3 is 6.09 Å². The monoisotopic (exact) mass is 363 g/mol. The lowest BCUT2D eigenvalue weighted by atomic mass is 10.1. The van der Waals surface area contributed by atoms with Crippen molar-refractivity contribution < 1.29 is 9.53 Å². The van der Waals surface area contributed by atoms with Gasteiger partial charge in [0.2, 0.25) is 0 Å². The van der Waals surface area contributed by atoms with Crippen LogP contribution in [-0.2, 0) is 17.8 Å². The molecule has 0 aliphatic carbocycles. The first-order valence-electron chi connectivity index (χ1n) is 9.39. The van der Waals surface area contributed by atoms with E-state index in [9.17, 15) is 4.79 Å². The van der Waals surface area contributed by atoms with Crippen molar-refractivity contribution in [3.63, 3.8) is 0 Å². The van der Waals surface area contributed by atoms with Crippen LogP contribution in [0.4, 0.5) is 4.79 Å². The van der Waals surface area contributed by atoms with Crippen LogP contribution >= 0.6 is 0 Å². The smallest absolute Gasteiger partial charge is 0.410 e. The largest absolute Gasteiger partial charge is 0.445 e. The van der Waals surface area contributed by atoms with Gasteiger partial charge in [0.15, 0.2) is 0 Å². The zero-order chi connectivity index (χ0) is 19.1. The molecule has 2 aromatic carbocycles. The predicted molar refractivity (Wildman–Crippen MR) is 104 cm³/mol. The van der Waals surface area contributed by atoms with Crippen LogP contribution in [-0.4, -0.2) is 41.6 Å². The van der Waals surface area contributed by atoms with E-state index in [4.69, 9.17) is 10.00 Å². The highest BCUT2D eigenvalue weighted by Crippen LogP contribution is 2.17. The van der Waals surface area contributed by atoms with E-state index >= 15 is 0 Å². The van der Waals surface area contributed by atoms with Crippen molar-refractivity contribution in [1.82, 2.24) is 9.80 Å². The molecule has 0 bridgehead atoms. The number of nitrogens with zero attached hydrogens (tertiary/aromatic N) is 3. The molecule has 1 atom stereocenters. The summed E-state index contributed by atoms with van der Waals surface area (Å²) in [7, 11) is 0. The van der Waals surface area contributed by atoms with Gasteiger partial charge < -0.3 is 9.64 Å². The fourth-order valence-electron chi connectivity index (χ4n) is 3.39. The molecule has 1 fully saturated rings. The first kappa shape index (κ1) is 18.9. The van der Waals surface area contributed by atoms with Crippen molar-refractivity contribution in [2.75, 3.05) is 19.6 Å². The fraction of sp³-hybridized carbons (Fsp3) is 0.364. The Hall–Kier alpha value is -2.84. The summed E-state index contributed by atoms with van der Waals surface area (Å²) in [6, 6.07) is 20.1. The standard InChI is InChI=1S/C22H25N3O2/c1-2-25-12-11-21(27-22(25)26)17-24(15-18-7-4-3-5-8-18)16-20-10-6-9-19(13-20)14-23/h3-10,13,21H,2,11-12,15-17H2,1H3/t21-/m0/s1. The average molecular weight is 363 g/mol. The van der Waals surface area contributed by atoms with Gasteiger partial charge in [0.1, 0.15) is 6.10 Å². The lowest BCUT2D eigenvalue weighted by molar-refractivity contribution is 0.00722. The molecule has 3 rings (SSSR count). The van der Waals surface area contributed by atoms with Gasteiger partial charge in [0, 0.05) is 39.1 Å². The number of hydrogen-bond acceptors (Lipinski definition) is 4. The molecule has 27 heavy (non-hydrogen) atoms. The third-order valence-electron chi connectivity index (χ3n) is 4.80. The summed E-state index contributed by atoms with van der Waals surface area (Å²) in [5, 5.41) is 9.14. The van der Waals surface area contributed by atoms with E-state index in [1.54, 1.807) is 4.90 Å². The van der Waals surface area contributed by atoms with Gasteiger partial charge in [-0.1, -0.05) is 42.5 Å². The number of hydrogen-bond donors (Lipinski definition) is 0. The van der Waals surface area contributed by atoms with Gasteiger partial charge in [0.05, 0.1) is 11.6 Å². The normalized spacial score (nSPS) is 16.9. The summed E-state index contributed by atoms with van der Waals surface area (Å²) in [6.45, 7) is 5.53. The molecule has 1 heterocycles. The number of rotatable bonds is 7. The summed E-state index contributed by atoms with van der Waals surface area (Å²) >= 11 is 0. The maximum absolute atomic E-state index is 12.1. The first-order valence-corrected chi connectivity index (χ1v) is 9.39. The van der Waals surface area contributed by atoms with E-state index in [1.165, 1.54) is 5.56 Å². The van der Waals surface area contributed by atoms with Crippen molar-refractivity contribution in [3.8, 4) is 6.07 Å². The molecule has 1 amide bonds. The van der Waals surface area contributed by atoms with Crippen LogP contribution in [0.2, 0.25) is 0 Å². The summed E-state index contributed by atoms with van der Waals surface area (Å²) in [6.07, 6.45) is 0.506. The molecule has 5 nitrogen and oxygen atoms in total. The van der Waals surface area contributed by atoms with E-state index < -0.39 is 0 Å². The van der Waals surface area contributed by atoms with E-state index in [1.807, 2.05) is 49.4 Å². The quantitative estimate of drug-likeness (QED) is 0.751. The highest BCUT2D eigenvalue weighted by Gasteiger charge is 2.27. The molecule has 5 heteroatoms. The van der Waals surface area contributed by atoms with E-state index in [-0.39, 0.29) is 12.2 Å². The third-order valence-corrected chi connectivity index (χ3v) is 4.80. The molecule has 1 aliphatic heterocycles. The Morgan fingerprint density at radius 1 is 1.15 bits per heavy atom. The minimum atomic E-state index is -0.222. The molecule has 0 N–H and O–H groups in total. The molecular formula is C22H25N3O2. The Balaban J connectivity index is 1.71. The number of cyclic esters (lactones) is 1. The number of carbonyl (C=O) groups excluding carboxylic acids is 1. The summed E-state index contributed by atoms with van der Waals surface area (Å²) < 4.78 is 5.63. The van der Waals surface area contributed by atoms with Crippen molar-refractivity contribution in [3.05, 3.63) is 71.3 Å². The number of nitriles is 1. The molecule has 0 spiro atoms. The summed E-state index contributed by atoms with van der Waals surface area (Å²) in [5.74, 6) is 0. The molecular weight excluding hydrogens is 338 g/mol. The molecule has 0 radical (unpaired) electrons. The van der Waals surface area contributed by atoms with Crippen LogP contribution in [0.1, 0.15) is 30.0 Å². The number of ether oxygens (including phenoxy) is 1. The maximum atomic E-state index is 12.1. The Labute approximate surface area is 160 Å². The van der Waals surface area contributed by atoms with E-state index in [0.29, 0.717) is 25.2 Å². The Bertz CT molecular complexity index is 801. The molecule has 140 valence electrons. The van der Waals surface area contributed by atoms with Crippen molar-refractivity contribution in [1.29, 1.82) is 5.26 Å². The number of amides is 1. The van der Waals surface area contributed by atoms with Gasteiger partial charge in [-0.25, -0.2) is 4.79 Å². The summed E-state index contributed by atoms with van der Waals surface area (Å²) in [4.78, 5) is 16.1. The molecule has 1 saturated heterocycles. The lowest BCUT2D eigenvalue weighted by Gasteiger charge is -2.34. The van der Waals surface area contributed by atoms with Crippen LogP contribution in [0.3, 0.4) is 0 Å². The molecule has 1 aliphatic rings. The molecule has 0 saturated carbocycles. The minimum absolute atomic E-state index is 0.108. The summed E-state index contributed by atoms with van der Waals surface area (Å²) in [5.41, 5.74) is 2.96. The lowest BCUT2D eigenvalue weighted by Crippen LogP contribution is -2.45. The van der Waals surface area contributed by atoms with Gasteiger partial charge in [-0.15, -0.1) is 0 Å². The second kappa shape index (κ2) is 9.20. The van der Waals surface area contributed by atoms with Crippen molar-refractivity contribution >= 4 is 6.09 Å². The van der Waals surface area contributed by atoms with Crippen LogP contribution < -0.4 is 0 Å². The zero-order valence-corrected chi connectivity index (χ0v) is 15.7. The SMILES string of the molecule is CCN1CC[C@@H](CN(Cc2ccccc2)Cc2cccc(C#N)c2)OC1=O. The highest BCUT2D eigenvalue weighted by molar-refractivity contribution is 5.68. The number of benzene rings is 2. The third kappa shape index (κ3) is 5.32. The van der Waals surface area contributed by atoms with Crippen LogP contribution in [0.15, 0.2) is 54.6 Å². The average Bonchev–Trinajstić information content (AvgIpc) is 2.69. The predicted octanol–water partition coefficient (Wildman–Crippen LogP) is 3.79. The Morgan fingerprint density at radius 3 is 2.59 bits per heavy atom. The van der Waals surface area contributed by atoms with Gasteiger partial charge in [-0.3, -0.25) is 4.90 Å². The minimum Gasteiger partial charge on any atom is -0.445 e. The van der Waals surface area contributed by atoms with Crippen LogP contribution in [0.5, 0.6) is 0 Å². The topological polar surface area (TPSA) is 56.6 Å². The Kier molecular flexibility index (Phi) is 6.45. The molecule has 0 unspecified atom stereocenters. The van der Waals surface area contributed by atoms with E-state index in [0.717, 1.165) is 25.1 Å². The Morgan fingerprint density at radius 2 is 1.89 bits per heavy atom. The molecule has 2 aromatic rings. The second-order valence-corrected chi connectivity index (χ2v) is 6.84. The van der Waals surface area contributed by atoms with Gasteiger partial charge in [-0.2, -0.15) is 5.26 Å². The van der Waals surface area contributed by atoms with Crippen LogP contribution in [0, 0.1) is 11.3 Å². The van der Waals surface area contributed by atoms with Crippen molar-refractivity contribution in [2.45, 2.75) is 32.5 Å². The first-order chi connectivity index (χ1) is 13.2. The fourth-order valence-corrected chi connectivity index (χ4v) is 3.39. The van der Waals surface area contributed by atoms with E-state index in [2.05, 4.69) is 23.1 Å². The zero-order valence-electron chi connectivity index (χ0n) is 15.7. The second-order valence-electron chi connectivity index (χ2n) is 6.84. The van der Waals surface area contributed by atoms with Crippen LogP contribution in [0.25, 0.3) is 0 Å². The number of carbonyl (C=O) groups is 1.